The molecule has 0 bridgehead atoms. The van der Waals surface area contributed by atoms with E-state index in [1.807, 2.05) is 6.07 Å². The van der Waals surface area contributed by atoms with E-state index in [0.717, 1.165) is 0 Å². The van der Waals surface area contributed by atoms with Crippen molar-refractivity contribution in [1.82, 2.24) is 4.98 Å². The first kappa shape index (κ1) is 16.1. The number of hydrogen-bond donors (Lipinski definition) is 1. The van der Waals surface area contributed by atoms with E-state index < -0.39 is 10.7 Å². The molecule has 0 spiro atoms. The molecule has 7 heteroatoms. The van der Waals surface area contributed by atoms with Crippen LogP contribution < -0.4 is 5.73 Å². The lowest BCUT2D eigenvalue weighted by atomic mass is 9.98. The van der Waals surface area contributed by atoms with Crippen molar-refractivity contribution >= 4 is 11.5 Å². The van der Waals surface area contributed by atoms with Gasteiger partial charge in [0.1, 0.15) is 23.3 Å². The maximum absolute atomic E-state index is 14.0. The monoisotopic (exact) mass is 334 g/mol. The average Bonchev–Trinajstić information content (AvgIpc) is 2.61. The van der Waals surface area contributed by atoms with Crippen LogP contribution in [0, 0.1) is 27.3 Å². The van der Waals surface area contributed by atoms with Crippen LogP contribution in [0.5, 0.6) is 0 Å². The van der Waals surface area contributed by atoms with E-state index in [4.69, 9.17) is 5.73 Å². The molecule has 6 nitrogen and oxygen atoms in total. The number of nitriles is 1. The van der Waals surface area contributed by atoms with E-state index in [-0.39, 0.29) is 28.3 Å². The summed E-state index contributed by atoms with van der Waals surface area (Å²) in [5.41, 5.74) is 7.45. The summed E-state index contributed by atoms with van der Waals surface area (Å²) in [6.45, 7) is 0. The number of rotatable bonds is 3. The molecule has 0 aliphatic rings. The topological polar surface area (TPSA) is 106 Å². The second-order valence-electron chi connectivity index (χ2n) is 5.21. The molecule has 0 aliphatic carbocycles. The van der Waals surface area contributed by atoms with Crippen molar-refractivity contribution in [3.8, 4) is 28.5 Å². The summed E-state index contributed by atoms with van der Waals surface area (Å²) in [6, 6.07) is 15.3. The summed E-state index contributed by atoms with van der Waals surface area (Å²) in [7, 11) is 0. The summed E-state index contributed by atoms with van der Waals surface area (Å²) >= 11 is 0. The number of anilines is 1. The predicted molar refractivity (Wildman–Crippen MR) is 90.8 cm³/mol. The molecule has 3 rings (SSSR count). The van der Waals surface area contributed by atoms with Gasteiger partial charge >= 0.3 is 0 Å². The molecule has 3 aromatic rings. The highest BCUT2D eigenvalue weighted by Crippen LogP contribution is 2.32. The Bertz CT molecular complexity index is 1010. The molecular weight excluding hydrogens is 323 g/mol. The Balaban J connectivity index is 2.20. The molecular formula is C18H11FN4O2. The molecule has 0 saturated heterocycles. The van der Waals surface area contributed by atoms with Crippen molar-refractivity contribution in [2.45, 2.75) is 0 Å². The van der Waals surface area contributed by atoms with Crippen LogP contribution in [-0.4, -0.2) is 9.91 Å². The van der Waals surface area contributed by atoms with Crippen molar-refractivity contribution in [2.24, 2.45) is 0 Å². The number of aromatic nitrogens is 1. The average molecular weight is 334 g/mol. The van der Waals surface area contributed by atoms with Crippen LogP contribution in [0.1, 0.15) is 5.56 Å². The van der Waals surface area contributed by atoms with E-state index in [1.54, 1.807) is 24.3 Å². The maximum atomic E-state index is 14.0. The highest BCUT2D eigenvalue weighted by Gasteiger charge is 2.16. The van der Waals surface area contributed by atoms with Gasteiger partial charge in [-0.3, -0.25) is 10.1 Å². The van der Waals surface area contributed by atoms with Crippen LogP contribution in [0.4, 0.5) is 15.9 Å². The molecule has 0 atom stereocenters. The number of nitrogen functional groups attached to an aromatic ring is 1. The van der Waals surface area contributed by atoms with E-state index in [9.17, 15) is 19.8 Å². The Morgan fingerprint density at radius 2 is 1.80 bits per heavy atom. The number of pyridine rings is 1. The first-order valence-corrected chi connectivity index (χ1v) is 7.21. The second kappa shape index (κ2) is 6.37. The van der Waals surface area contributed by atoms with E-state index in [0.29, 0.717) is 11.1 Å². The zero-order valence-corrected chi connectivity index (χ0v) is 12.8. The van der Waals surface area contributed by atoms with Crippen LogP contribution in [0.2, 0.25) is 0 Å². The molecule has 122 valence electrons. The first-order valence-electron chi connectivity index (χ1n) is 7.21. The minimum Gasteiger partial charge on any atom is -0.383 e. The fraction of sp³-hybridized carbons (Fsp3) is 0. The van der Waals surface area contributed by atoms with Gasteiger partial charge in [0.05, 0.1) is 10.6 Å². The van der Waals surface area contributed by atoms with Gasteiger partial charge in [0.15, 0.2) is 0 Å². The van der Waals surface area contributed by atoms with Crippen LogP contribution in [0.15, 0.2) is 54.6 Å². The van der Waals surface area contributed by atoms with Crippen LogP contribution in [0.3, 0.4) is 0 Å². The van der Waals surface area contributed by atoms with Crippen LogP contribution in [0.25, 0.3) is 22.4 Å². The number of nitrogens with two attached hydrogens (primary N) is 1. The highest BCUT2D eigenvalue weighted by molar-refractivity contribution is 5.80. The smallest absolute Gasteiger partial charge is 0.269 e. The van der Waals surface area contributed by atoms with Gasteiger partial charge in [0, 0.05) is 23.3 Å². The quantitative estimate of drug-likeness (QED) is 0.577. The van der Waals surface area contributed by atoms with E-state index in [1.165, 1.54) is 30.3 Å². The SMILES string of the molecule is N#Cc1c(-c2ccc([N+](=O)[O-])cc2)cc(-c2ccccc2F)nc1N. The Hall–Kier alpha value is -3.79. The molecule has 1 aromatic heterocycles. The molecule has 2 N–H and O–H groups in total. The summed E-state index contributed by atoms with van der Waals surface area (Å²) in [6.07, 6.45) is 0. The summed E-state index contributed by atoms with van der Waals surface area (Å²) < 4.78 is 14.0. The largest absolute Gasteiger partial charge is 0.383 e. The molecule has 0 radical (unpaired) electrons. The van der Waals surface area contributed by atoms with Crippen LogP contribution >= 0.6 is 0 Å². The number of nitrogens with zero attached hydrogens (tertiary/aromatic N) is 3. The second-order valence-corrected chi connectivity index (χ2v) is 5.21. The number of non-ortho nitro benzene ring substituents is 1. The number of nitro groups is 1. The van der Waals surface area contributed by atoms with Crippen molar-refractivity contribution in [3.63, 3.8) is 0 Å². The Labute approximate surface area is 142 Å². The molecule has 0 unspecified atom stereocenters. The zero-order chi connectivity index (χ0) is 18.0. The van der Waals surface area contributed by atoms with Gasteiger partial charge in [-0.2, -0.15) is 5.26 Å². The van der Waals surface area contributed by atoms with Gasteiger partial charge in [-0.25, -0.2) is 9.37 Å². The fourth-order valence-corrected chi connectivity index (χ4v) is 2.48. The van der Waals surface area contributed by atoms with Crippen molar-refractivity contribution in [1.29, 1.82) is 5.26 Å². The minimum atomic E-state index is -0.513. The predicted octanol–water partition coefficient (Wildman–Crippen LogP) is 3.92. The molecule has 2 aromatic carbocycles. The molecule has 0 fully saturated rings. The number of benzene rings is 2. The van der Waals surface area contributed by atoms with Gasteiger partial charge in [-0.05, 0) is 35.9 Å². The summed E-state index contributed by atoms with van der Waals surface area (Å²) in [5, 5.41) is 20.2. The Kier molecular flexibility index (Phi) is 4.10. The Morgan fingerprint density at radius 3 is 2.40 bits per heavy atom. The van der Waals surface area contributed by atoms with Gasteiger partial charge < -0.3 is 5.73 Å². The third-order valence-corrected chi connectivity index (χ3v) is 3.70. The zero-order valence-electron chi connectivity index (χ0n) is 12.8. The van der Waals surface area contributed by atoms with Gasteiger partial charge in [-0.1, -0.05) is 12.1 Å². The lowest BCUT2D eigenvalue weighted by Gasteiger charge is -2.10. The van der Waals surface area contributed by atoms with Crippen molar-refractivity contribution < 1.29 is 9.31 Å². The standard InChI is InChI=1S/C18H11FN4O2/c19-16-4-2-1-3-13(16)17-9-14(15(10-20)18(21)22-17)11-5-7-12(8-6-11)23(24)25/h1-9H,(H2,21,22). The fourth-order valence-electron chi connectivity index (χ4n) is 2.48. The number of halogens is 1. The minimum absolute atomic E-state index is 0.0309. The Morgan fingerprint density at radius 1 is 1.12 bits per heavy atom. The van der Waals surface area contributed by atoms with Crippen LogP contribution in [-0.2, 0) is 0 Å². The molecule has 0 amide bonds. The lowest BCUT2D eigenvalue weighted by Crippen LogP contribution is -2.00. The highest BCUT2D eigenvalue weighted by atomic mass is 19.1. The summed E-state index contributed by atoms with van der Waals surface area (Å²) in [4.78, 5) is 14.4. The normalized spacial score (nSPS) is 10.2. The lowest BCUT2D eigenvalue weighted by molar-refractivity contribution is -0.384. The number of nitro benzene ring substituents is 1. The van der Waals surface area contributed by atoms with E-state index >= 15 is 0 Å². The molecule has 1 heterocycles. The van der Waals surface area contributed by atoms with E-state index in [2.05, 4.69) is 4.98 Å². The molecule has 0 aliphatic heterocycles. The van der Waals surface area contributed by atoms with Gasteiger partial charge in [0.25, 0.3) is 5.69 Å². The molecule has 0 saturated carbocycles. The summed E-state index contributed by atoms with van der Waals surface area (Å²) in [5.74, 6) is -0.495. The van der Waals surface area contributed by atoms with Gasteiger partial charge in [0.2, 0.25) is 0 Å². The van der Waals surface area contributed by atoms with Gasteiger partial charge in [-0.15, -0.1) is 0 Å². The number of hydrogen-bond acceptors (Lipinski definition) is 5. The first-order chi connectivity index (χ1) is 12.0. The third-order valence-electron chi connectivity index (χ3n) is 3.70. The molecule has 25 heavy (non-hydrogen) atoms. The maximum Gasteiger partial charge on any atom is 0.269 e. The third kappa shape index (κ3) is 3.01. The van der Waals surface area contributed by atoms with Crippen molar-refractivity contribution in [3.05, 3.63) is 76.1 Å². The van der Waals surface area contributed by atoms with Crippen molar-refractivity contribution in [2.75, 3.05) is 5.73 Å².